The first-order valence-electron chi connectivity index (χ1n) is 20.2. The van der Waals surface area contributed by atoms with E-state index in [9.17, 15) is 9.90 Å². The largest absolute Gasteiger partial charge is 0.512 e. The average Bonchev–Trinajstić information content (AvgIpc) is 3.69. The number of allylic oxidation sites excluding steroid dienone is 2. The second kappa shape index (κ2) is 17.9. The van der Waals surface area contributed by atoms with Gasteiger partial charge in [0.15, 0.2) is 11.4 Å². The van der Waals surface area contributed by atoms with E-state index >= 15 is 0 Å². The van der Waals surface area contributed by atoms with E-state index in [-0.39, 0.29) is 47.9 Å². The van der Waals surface area contributed by atoms with Gasteiger partial charge in [-0.15, -0.1) is 40.5 Å². The van der Waals surface area contributed by atoms with E-state index in [0.717, 1.165) is 71.2 Å². The zero-order valence-corrected chi connectivity index (χ0v) is 39.1. The van der Waals surface area contributed by atoms with Crippen molar-refractivity contribution in [1.82, 2.24) is 4.98 Å². The van der Waals surface area contributed by atoms with Crippen LogP contribution in [0.5, 0.6) is 0 Å². The van der Waals surface area contributed by atoms with Crippen LogP contribution in [0.1, 0.15) is 124 Å². The van der Waals surface area contributed by atoms with Crippen LogP contribution in [0.4, 0.5) is 0 Å². The molecule has 3 aromatic heterocycles. The predicted molar refractivity (Wildman–Crippen MR) is 236 cm³/mol. The van der Waals surface area contributed by atoms with Gasteiger partial charge in [-0.3, -0.25) is 9.78 Å². The van der Waals surface area contributed by atoms with Gasteiger partial charge in [0.25, 0.3) is 0 Å². The van der Waals surface area contributed by atoms with Gasteiger partial charge in [0.1, 0.15) is 17.0 Å². The fraction of sp³-hybridized carbons (Fsp3) is 0.440. The molecule has 1 N–H and O–H groups in total. The minimum Gasteiger partial charge on any atom is -0.512 e. The summed E-state index contributed by atoms with van der Waals surface area (Å²) in [4.78, 5) is 18.7. The third-order valence-corrected chi connectivity index (χ3v) is 13.1. The molecule has 0 aliphatic rings. The molecule has 0 spiro atoms. The third kappa shape index (κ3) is 9.41. The van der Waals surface area contributed by atoms with Crippen LogP contribution in [-0.4, -0.2) is 15.9 Å². The van der Waals surface area contributed by atoms with Gasteiger partial charge in [-0.05, 0) is 85.9 Å². The average molecular weight is 949 g/mol. The number of fused-ring (bicyclic) bond motifs is 3. The zero-order valence-electron chi connectivity index (χ0n) is 35.9. The van der Waals surface area contributed by atoms with Crippen molar-refractivity contribution in [2.45, 2.75) is 128 Å². The molecule has 301 valence electrons. The molecule has 4 nitrogen and oxygen atoms in total. The second-order valence-electron chi connectivity index (χ2n) is 17.4. The summed E-state index contributed by atoms with van der Waals surface area (Å²) in [6.07, 6.45) is 5.85. The van der Waals surface area contributed by atoms with Crippen molar-refractivity contribution in [2.75, 3.05) is 0 Å². The maximum absolute atomic E-state index is 12.2. The Hall–Kier alpha value is -3.57. The minimum absolute atomic E-state index is 0. The maximum atomic E-state index is 12.2. The van der Waals surface area contributed by atoms with Crippen molar-refractivity contribution in [2.24, 2.45) is 16.7 Å². The fourth-order valence-corrected chi connectivity index (χ4v) is 8.34. The second-order valence-corrected chi connectivity index (χ2v) is 18.7. The molecule has 0 saturated carbocycles. The SMILES string of the molecule is CCC(C)(CC)C(=O)/C=C(\O)C(C)(CC)CC.Cc1cc2nc(-c3[c-]c4ccccc4c(C(C)(C)C)c3)cc(-c3ccc4sc(C)c(CC(C)C)c4c3)c2o1.[Ir]. The number of ketones is 1. The van der Waals surface area contributed by atoms with E-state index in [0.29, 0.717) is 5.92 Å². The summed E-state index contributed by atoms with van der Waals surface area (Å²) >= 11 is 1.90. The van der Waals surface area contributed by atoms with Crippen molar-refractivity contribution < 1.29 is 34.4 Å². The number of carbonyl (C=O) groups excluding carboxylic acids is 1. The monoisotopic (exact) mass is 949 g/mol. The number of aromatic nitrogens is 1. The molecule has 56 heavy (non-hydrogen) atoms. The molecule has 0 amide bonds. The number of thiophene rings is 1. The number of hydrogen-bond donors (Lipinski definition) is 1. The van der Waals surface area contributed by atoms with E-state index in [2.05, 4.69) is 102 Å². The zero-order chi connectivity index (χ0) is 40.5. The van der Waals surface area contributed by atoms with E-state index in [1.807, 2.05) is 65.9 Å². The first kappa shape index (κ1) is 45.1. The molecule has 0 atom stereocenters. The van der Waals surface area contributed by atoms with Crippen LogP contribution in [0.2, 0.25) is 0 Å². The van der Waals surface area contributed by atoms with Gasteiger partial charge in [-0.25, -0.2) is 0 Å². The Morgan fingerprint density at radius 2 is 1.52 bits per heavy atom. The molecule has 0 fully saturated rings. The van der Waals surface area contributed by atoms with Crippen LogP contribution in [0.15, 0.2) is 76.9 Å². The van der Waals surface area contributed by atoms with Gasteiger partial charge in [0.2, 0.25) is 0 Å². The summed E-state index contributed by atoms with van der Waals surface area (Å²) in [5.74, 6) is 1.77. The normalized spacial score (nSPS) is 12.6. The summed E-state index contributed by atoms with van der Waals surface area (Å²) in [7, 11) is 0. The van der Waals surface area contributed by atoms with Crippen molar-refractivity contribution in [1.29, 1.82) is 0 Å². The molecule has 1 radical (unpaired) electrons. The van der Waals surface area contributed by atoms with Crippen LogP contribution in [-0.2, 0) is 36.7 Å². The topological polar surface area (TPSA) is 63.3 Å². The van der Waals surface area contributed by atoms with Crippen LogP contribution < -0.4 is 0 Å². The van der Waals surface area contributed by atoms with Crippen LogP contribution in [0.3, 0.4) is 0 Å². The predicted octanol–water partition coefficient (Wildman–Crippen LogP) is 15.1. The number of carbonyl (C=O) groups is 1. The molecule has 0 unspecified atom stereocenters. The molecule has 6 aromatic rings. The smallest absolute Gasteiger partial charge is 0.164 e. The number of aliphatic hydroxyl groups is 1. The standard InChI is InChI=1S/C35H34NOS.C15H28O2.Ir/c1-20(2)14-27-22(4)38-33-13-12-24(17-29(27)33)28-19-31(36-32-15-21(3)37-34(28)32)25-16-23-10-8-9-11-26(23)30(18-25)35(5,6)7;1-7-14(5,8-2)12(16)11-13(17)15(6,9-3)10-4;/h8-13,15,17-20H,14H2,1-7H3;11,16H,7-10H2,1-6H3;/q-1;;/b;12-11-;. The molecule has 0 aliphatic heterocycles. The Kier molecular flexibility index (Phi) is 14.4. The quantitative estimate of drug-likeness (QED) is 0.0798. The van der Waals surface area contributed by atoms with E-state index in [1.54, 1.807) is 0 Å². The number of rotatable bonds is 11. The number of aryl methyl sites for hydroxylation is 2. The molecule has 0 saturated heterocycles. The van der Waals surface area contributed by atoms with Gasteiger partial charge >= 0.3 is 0 Å². The Labute approximate surface area is 353 Å². The van der Waals surface area contributed by atoms with Crippen molar-refractivity contribution in [3.63, 3.8) is 0 Å². The van der Waals surface area contributed by atoms with Crippen LogP contribution >= 0.6 is 11.3 Å². The number of furan rings is 1. The van der Waals surface area contributed by atoms with E-state index in [1.165, 1.54) is 43.1 Å². The minimum atomic E-state index is -0.337. The Balaban J connectivity index is 0.000000330. The summed E-state index contributed by atoms with van der Waals surface area (Å²) in [5.41, 5.74) is 8.10. The summed E-state index contributed by atoms with van der Waals surface area (Å²) in [6, 6.07) is 25.6. The molecule has 3 aromatic carbocycles. The van der Waals surface area contributed by atoms with Crippen LogP contribution in [0, 0.1) is 36.7 Å². The van der Waals surface area contributed by atoms with E-state index < -0.39 is 0 Å². The molecule has 6 rings (SSSR count). The summed E-state index contributed by atoms with van der Waals surface area (Å²) < 4.78 is 7.58. The molecule has 0 bridgehead atoms. The molecule has 0 aliphatic carbocycles. The summed E-state index contributed by atoms with van der Waals surface area (Å²) in [6.45, 7) is 27.7. The summed E-state index contributed by atoms with van der Waals surface area (Å²) in [5, 5.41) is 13.9. The maximum Gasteiger partial charge on any atom is 0.164 e. The van der Waals surface area contributed by atoms with Gasteiger partial charge in [0.05, 0.1) is 0 Å². The van der Waals surface area contributed by atoms with Gasteiger partial charge in [-0.1, -0.05) is 117 Å². The molecular formula is C50H62IrNO3S-. The third-order valence-electron chi connectivity index (χ3n) is 12.0. The number of benzene rings is 3. The van der Waals surface area contributed by atoms with Crippen molar-refractivity contribution >= 4 is 49.1 Å². The fourth-order valence-electron chi connectivity index (χ4n) is 7.27. The first-order chi connectivity index (χ1) is 25.9. The Morgan fingerprint density at radius 3 is 2.12 bits per heavy atom. The van der Waals surface area contributed by atoms with E-state index in [4.69, 9.17) is 9.40 Å². The van der Waals surface area contributed by atoms with Gasteiger partial charge in [0, 0.05) is 63.9 Å². The van der Waals surface area contributed by atoms with Gasteiger partial charge < -0.3 is 9.52 Å². The molecular weight excluding hydrogens is 887 g/mol. The number of hydrogen-bond acceptors (Lipinski definition) is 5. The first-order valence-corrected chi connectivity index (χ1v) is 21.0. The number of aliphatic hydroxyl groups excluding tert-OH is 1. The molecule has 6 heteroatoms. The number of pyridine rings is 1. The Morgan fingerprint density at radius 1 is 0.875 bits per heavy atom. The van der Waals surface area contributed by atoms with Crippen molar-refractivity contribution in [3.8, 4) is 22.4 Å². The van der Waals surface area contributed by atoms with Crippen LogP contribution in [0.25, 0.3) is 54.3 Å². The molecule has 3 heterocycles. The Bertz CT molecular complexity index is 2340. The van der Waals surface area contributed by atoms with Gasteiger partial charge in [-0.2, -0.15) is 0 Å². The number of nitrogens with zero attached hydrogens (tertiary/aromatic N) is 1. The van der Waals surface area contributed by atoms with Crippen molar-refractivity contribution in [3.05, 3.63) is 100 Å².